The first kappa shape index (κ1) is 12.5. The van der Waals surface area contributed by atoms with E-state index in [0.29, 0.717) is 23.4 Å². The van der Waals surface area contributed by atoms with Gasteiger partial charge in [0.05, 0.1) is 5.70 Å². The van der Waals surface area contributed by atoms with Crippen molar-refractivity contribution in [2.75, 3.05) is 27.2 Å². The fourth-order valence-electron chi connectivity index (χ4n) is 1.86. The number of hydrogen-bond acceptors (Lipinski definition) is 4. The van der Waals surface area contributed by atoms with Gasteiger partial charge in [-0.15, -0.1) is 0 Å². The van der Waals surface area contributed by atoms with E-state index in [1.165, 1.54) is 6.08 Å². The van der Waals surface area contributed by atoms with E-state index in [2.05, 4.69) is 5.32 Å². The second-order valence-electron chi connectivity index (χ2n) is 4.53. The monoisotopic (exact) mass is 244 g/mol. The number of hydrogen-bond donors (Lipinski definition) is 1. The van der Waals surface area contributed by atoms with E-state index in [1.807, 2.05) is 19.0 Å². The van der Waals surface area contributed by atoms with Crippen molar-refractivity contribution < 1.29 is 9.59 Å². The minimum Gasteiger partial charge on any atom is -0.380 e. The molecule has 0 aliphatic heterocycles. The van der Waals surface area contributed by atoms with Gasteiger partial charge in [-0.2, -0.15) is 0 Å². The molecule has 1 aromatic rings. The number of rotatable bonds is 4. The molecule has 18 heavy (non-hydrogen) atoms. The van der Waals surface area contributed by atoms with Gasteiger partial charge >= 0.3 is 0 Å². The maximum Gasteiger partial charge on any atom is 0.209 e. The molecule has 0 unspecified atom stereocenters. The molecule has 0 atom stereocenters. The van der Waals surface area contributed by atoms with E-state index in [4.69, 9.17) is 0 Å². The van der Waals surface area contributed by atoms with E-state index in [-0.39, 0.29) is 11.6 Å². The van der Waals surface area contributed by atoms with E-state index >= 15 is 0 Å². The SMILES string of the molecule is CN(C)CCNC1=CC(=O)c2ccccc2C1=O. The second-order valence-corrected chi connectivity index (χ2v) is 4.53. The first-order valence-corrected chi connectivity index (χ1v) is 5.88. The molecule has 0 radical (unpaired) electrons. The topological polar surface area (TPSA) is 49.4 Å². The summed E-state index contributed by atoms with van der Waals surface area (Å²) >= 11 is 0. The van der Waals surface area contributed by atoms with Crippen LogP contribution >= 0.6 is 0 Å². The molecule has 4 nitrogen and oxygen atoms in total. The van der Waals surface area contributed by atoms with Gasteiger partial charge in [0.25, 0.3) is 0 Å². The molecule has 0 heterocycles. The van der Waals surface area contributed by atoms with E-state index < -0.39 is 0 Å². The standard InChI is InChI=1S/C14H16N2O2/c1-16(2)8-7-15-12-9-13(17)10-5-3-4-6-11(10)14(12)18/h3-6,9,15H,7-8H2,1-2H3. The van der Waals surface area contributed by atoms with Crippen molar-refractivity contribution in [3.63, 3.8) is 0 Å². The van der Waals surface area contributed by atoms with Crippen LogP contribution in [0.3, 0.4) is 0 Å². The van der Waals surface area contributed by atoms with Crippen molar-refractivity contribution in [3.05, 3.63) is 47.2 Å². The Kier molecular flexibility index (Phi) is 3.58. The molecule has 0 amide bonds. The van der Waals surface area contributed by atoms with E-state index in [9.17, 15) is 9.59 Å². The lowest BCUT2D eigenvalue weighted by molar-refractivity contribution is 0.0978. The molecule has 0 bridgehead atoms. The third-order valence-electron chi connectivity index (χ3n) is 2.83. The number of benzene rings is 1. The predicted molar refractivity (Wildman–Crippen MR) is 69.7 cm³/mol. The number of nitrogens with one attached hydrogen (secondary N) is 1. The minimum absolute atomic E-state index is 0.107. The van der Waals surface area contributed by atoms with Gasteiger partial charge in [-0.05, 0) is 14.1 Å². The summed E-state index contributed by atoms with van der Waals surface area (Å²) in [5.41, 5.74) is 1.36. The molecule has 0 fully saturated rings. The summed E-state index contributed by atoms with van der Waals surface area (Å²) in [7, 11) is 3.92. The zero-order chi connectivity index (χ0) is 13.1. The van der Waals surface area contributed by atoms with Crippen LogP contribution in [-0.2, 0) is 0 Å². The molecule has 1 aromatic carbocycles. The van der Waals surface area contributed by atoms with Gasteiger partial charge in [0.1, 0.15) is 0 Å². The lowest BCUT2D eigenvalue weighted by Gasteiger charge is -2.17. The second kappa shape index (κ2) is 5.14. The largest absolute Gasteiger partial charge is 0.380 e. The summed E-state index contributed by atoms with van der Waals surface area (Å²) < 4.78 is 0. The molecule has 94 valence electrons. The van der Waals surface area contributed by atoms with Gasteiger partial charge in [-0.3, -0.25) is 9.59 Å². The average Bonchev–Trinajstić information content (AvgIpc) is 2.35. The highest BCUT2D eigenvalue weighted by atomic mass is 16.1. The summed E-state index contributed by atoms with van der Waals surface area (Å²) in [6.07, 6.45) is 1.39. The molecule has 1 aliphatic rings. The lowest BCUT2D eigenvalue weighted by Crippen LogP contribution is -2.31. The van der Waals surface area contributed by atoms with Crippen LogP contribution in [0, 0.1) is 0 Å². The van der Waals surface area contributed by atoms with Crippen LogP contribution in [0.1, 0.15) is 20.7 Å². The van der Waals surface area contributed by atoms with E-state index in [1.54, 1.807) is 24.3 Å². The van der Waals surface area contributed by atoms with Crippen molar-refractivity contribution in [2.24, 2.45) is 0 Å². The molecular weight excluding hydrogens is 228 g/mol. The van der Waals surface area contributed by atoms with Gasteiger partial charge in [-0.25, -0.2) is 0 Å². The molecule has 1 N–H and O–H groups in total. The highest BCUT2D eigenvalue weighted by Crippen LogP contribution is 2.19. The Morgan fingerprint density at radius 2 is 1.78 bits per heavy atom. The van der Waals surface area contributed by atoms with Gasteiger partial charge in [0, 0.05) is 30.3 Å². The van der Waals surface area contributed by atoms with Crippen LogP contribution in [0.4, 0.5) is 0 Å². The first-order chi connectivity index (χ1) is 8.59. The molecule has 1 aliphatic carbocycles. The van der Waals surface area contributed by atoms with Gasteiger partial charge in [-0.1, -0.05) is 24.3 Å². The number of fused-ring (bicyclic) bond motifs is 1. The fraction of sp³-hybridized carbons (Fsp3) is 0.286. The molecule has 4 heteroatoms. The fourth-order valence-corrected chi connectivity index (χ4v) is 1.86. The number of likely N-dealkylation sites (N-methyl/N-ethyl adjacent to an activating group) is 1. The van der Waals surface area contributed by atoms with Crippen LogP contribution in [-0.4, -0.2) is 43.7 Å². The summed E-state index contributed by atoms with van der Waals surface area (Å²) in [5.74, 6) is -0.221. The van der Waals surface area contributed by atoms with Crippen LogP contribution in [0.25, 0.3) is 0 Å². The maximum atomic E-state index is 12.1. The molecule has 0 spiro atoms. The zero-order valence-electron chi connectivity index (χ0n) is 10.6. The summed E-state index contributed by atoms with van der Waals surface area (Å²) in [6, 6.07) is 6.91. The Morgan fingerprint density at radius 1 is 1.11 bits per heavy atom. The number of allylic oxidation sites excluding steroid dienone is 2. The Bertz CT molecular complexity index is 518. The molecule has 2 rings (SSSR count). The Balaban J connectivity index is 2.16. The Morgan fingerprint density at radius 3 is 2.44 bits per heavy atom. The number of Topliss-reactive ketones (excluding diaryl/α,β-unsaturated/α-hetero) is 1. The number of nitrogens with zero attached hydrogens (tertiary/aromatic N) is 1. The van der Waals surface area contributed by atoms with Gasteiger partial charge in [0.2, 0.25) is 5.78 Å². The van der Waals surface area contributed by atoms with Crippen molar-refractivity contribution in [3.8, 4) is 0 Å². The number of carbonyl (C=O) groups is 2. The van der Waals surface area contributed by atoms with Crippen LogP contribution in [0.15, 0.2) is 36.0 Å². The predicted octanol–water partition coefficient (Wildman–Crippen LogP) is 1.10. The third kappa shape index (κ3) is 2.49. The molecule has 0 aromatic heterocycles. The Hall–Kier alpha value is -1.94. The van der Waals surface area contributed by atoms with Crippen LogP contribution < -0.4 is 5.32 Å². The minimum atomic E-state index is -0.113. The number of carbonyl (C=O) groups excluding carboxylic acids is 2. The number of ketones is 2. The van der Waals surface area contributed by atoms with Gasteiger partial charge < -0.3 is 10.2 Å². The third-order valence-corrected chi connectivity index (χ3v) is 2.83. The first-order valence-electron chi connectivity index (χ1n) is 5.88. The molecular formula is C14H16N2O2. The zero-order valence-corrected chi connectivity index (χ0v) is 10.6. The normalized spacial score (nSPS) is 14.5. The summed E-state index contributed by atoms with van der Waals surface area (Å²) in [4.78, 5) is 26.0. The van der Waals surface area contributed by atoms with Gasteiger partial charge in [0.15, 0.2) is 5.78 Å². The van der Waals surface area contributed by atoms with Crippen LogP contribution in [0.2, 0.25) is 0 Å². The summed E-state index contributed by atoms with van der Waals surface area (Å²) in [5, 5.41) is 3.02. The van der Waals surface area contributed by atoms with Crippen molar-refractivity contribution >= 4 is 11.6 Å². The quantitative estimate of drug-likeness (QED) is 0.861. The lowest BCUT2D eigenvalue weighted by atomic mass is 9.93. The highest BCUT2D eigenvalue weighted by molar-refractivity contribution is 6.24. The molecule has 0 saturated heterocycles. The highest BCUT2D eigenvalue weighted by Gasteiger charge is 2.24. The maximum absolute atomic E-state index is 12.1. The van der Waals surface area contributed by atoms with E-state index in [0.717, 1.165) is 6.54 Å². The average molecular weight is 244 g/mol. The van der Waals surface area contributed by atoms with Crippen LogP contribution in [0.5, 0.6) is 0 Å². The van der Waals surface area contributed by atoms with Crippen molar-refractivity contribution in [2.45, 2.75) is 0 Å². The van der Waals surface area contributed by atoms with Crippen molar-refractivity contribution in [1.82, 2.24) is 10.2 Å². The Labute approximate surface area is 106 Å². The summed E-state index contributed by atoms with van der Waals surface area (Å²) in [6.45, 7) is 1.44. The van der Waals surface area contributed by atoms with Crippen molar-refractivity contribution in [1.29, 1.82) is 0 Å². The molecule has 0 saturated carbocycles. The smallest absolute Gasteiger partial charge is 0.209 e.